The molecule has 426 valence electrons. The second kappa shape index (κ2) is 28.9. The third kappa shape index (κ3) is 16.4. The van der Waals surface area contributed by atoms with Crippen molar-refractivity contribution in [1.29, 1.82) is 0 Å². The Kier molecular flexibility index (Phi) is 23.7. The van der Waals surface area contributed by atoms with Crippen LogP contribution in [-0.2, 0) is 60.7 Å². The summed E-state index contributed by atoms with van der Waals surface area (Å²) >= 11 is 0. The van der Waals surface area contributed by atoms with E-state index in [-0.39, 0.29) is 38.1 Å². The number of carbonyl (C=O) groups excluding carboxylic acids is 9. The Hall–Kier alpha value is -6.33. The van der Waals surface area contributed by atoms with Crippen molar-refractivity contribution in [3.63, 3.8) is 0 Å². The quantitative estimate of drug-likeness (QED) is 0.198. The van der Waals surface area contributed by atoms with Gasteiger partial charge in [0.25, 0.3) is 5.91 Å². The Morgan fingerprint density at radius 3 is 1.51 bits per heavy atom. The van der Waals surface area contributed by atoms with Crippen LogP contribution >= 0.6 is 0 Å². The number of rotatable bonds is 13. The van der Waals surface area contributed by atoms with Crippen LogP contribution in [0.1, 0.15) is 126 Å². The lowest BCUT2D eigenvalue weighted by atomic mass is 9.94. The average Bonchev–Trinajstić information content (AvgIpc) is 3.89. The van der Waals surface area contributed by atoms with Crippen LogP contribution in [0.2, 0.25) is 0 Å². The number of likely N-dealkylation sites (N-methyl/N-ethyl adjacent to an activating group) is 3. The fourth-order valence-corrected chi connectivity index (χ4v) is 10.4. The van der Waals surface area contributed by atoms with E-state index in [0.717, 1.165) is 5.56 Å². The molecule has 2 fully saturated rings. The van der Waals surface area contributed by atoms with Crippen molar-refractivity contribution in [2.75, 3.05) is 27.7 Å². The zero-order valence-corrected chi connectivity index (χ0v) is 48.5. The van der Waals surface area contributed by atoms with Gasteiger partial charge in [0.1, 0.15) is 48.3 Å². The highest BCUT2D eigenvalue weighted by molar-refractivity contribution is 5.99. The molecule has 2 aromatic carbocycles. The zero-order valence-electron chi connectivity index (χ0n) is 48.5. The third-order valence-electron chi connectivity index (χ3n) is 15.4. The van der Waals surface area contributed by atoms with Crippen molar-refractivity contribution in [1.82, 2.24) is 40.9 Å². The first-order valence-electron chi connectivity index (χ1n) is 27.9. The smallest absolute Gasteiger partial charge is 0.329 e. The predicted octanol–water partition coefficient (Wildman–Crippen LogP) is 4.91. The molecule has 18 heteroatoms. The number of fused-ring (bicyclic) bond motifs is 1. The lowest BCUT2D eigenvalue weighted by Crippen LogP contribution is -2.62. The molecule has 11 atom stereocenters. The summed E-state index contributed by atoms with van der Waals surface area (Å²) < 4.78 is 6.10. The number of cyclic esters (lactones) is 1. The molecule has 2 aliphatic rings. The average molecular weight is 1070 g/mol. The summed E-state index contributed by atoms with van der Waals surface area (Å²) in [5.41, 5.74) is 1.45. The summed E-state index contributed by atoms with van der Waals surface area (Å²) in [6.07, 6.45) is 0.466. The molecule has 2 heterocycles. The maximum absolute atomic E-state index is 15.3. The van der Waals surface area contributed by atoms with Crippen LogP contribution in [-0.4, -0.2) is 155 Å². The van der Waals surface area contributed by atoms with Crippen molar-refractivity contribution in [2.45, 2.75) is 182 Å². The van der Waals surface area contributed by atoms with Gasteiger partial charge in [-0.2, -0.15) is 0 Å². The topological polar surface area (TPSA) is 224 Å². The predicted molar refractivity (Wildman–Crippen MR) is 295 cm³/mol. The number of esters is 1. The highest BCUT2D eigenvalue weighted by atomic mass is 16.6. The lowest BCUT2D eigenvalue weighted by Gasteiger charge is -2.37. The molecule has 11 unspecified atom stereocenters. The van der Waals surface area contributed by atoms with Gasteiger partial charge in [-0.3, -0.25) is 38.4 Å². The van der Waals surface area contributed by atoms with E-state index in [2.05, 4.69) is 21.3 Å². The molecular formula is C59H90N8O10. The Morgan fingerprint density at radius 1 is 0.519 bits per heavy atom. The Bertz CT molecular complexity index is 2350. The van der Waals surface area contributed by atoms with Crippen LogP contribution < -0.4 is 21.3 Å². The van der Waals surface area contributed by atoms with Gasteiger partial charge in [0, 0.05) is 46.4 Å². The molecule has 2 aromatic rings. The minimum atomic E-state index is -1.40. The second-order valence-electron chi connectivity index (χ2n) is 22.9. The minimum Gasteiger partial charge on any atom is -0.450 e. The highest BCUT2D eigenvalue weighted by Crippen LogP contribution is 2.26. The van der Waals surface area contributed by atoms with Gasteiger partial charge in [-0.25, -0.2) is 4.79 Å². The monoisotopic (exact) mass is 1070 g/mol. The molecule has 0 aromatic heterocycles. The number of amides is 8. The molecule has 0 spiro atoms. The van der Waals surface area contributed by atoms with E-state index in [0.29, 0.717) is 24.8 Å². The summed E-state index contributed by atoms with van der Waals surface area (Å²) in [7, 11) is 4.45. The van der Waals surface area contributed by atoms with Crippen molar-refractivity contribution in [3.8, 4) is 0 Å². The zero-order chi connectivity index (χ0) is 57.6. The van der Waals surface area contributed by atoms with Crippen LogP contribution in [0.25, 0.3) is 0 Å². The summed E-state index contributed by atoms with van der Waals surface area (Å²) in [5, 5.41) is 11.6. The first-order chi connectivity index (χ1) is 36.2. The fourth-order valence-electron chi connectivity index (χ4n) is 10.4. The molecule has 4 rings (SSSR count). The molecular weight excluding hydrogens is 981 g/mol. The fraction of sp³-hybridized carbons (Fsp3) is 0.644. The van der Waals surface area contributed by atoms with E-state index in [9.17, 15) is 33.6 Å². The van der Waals surface area contributed by atoms with Crippen LogP contribution in [0.3, 0.4) is 0 Å². The first kappa shape index (κ1) is 63.2. The molecule has 4 N–H and O–H groups in total. The van der Waals surface area contributed by atoms with Crippen molar-refractivity contribution in [2.24, 2.45) is 35.5 Å². The van der Waals surface area contributed by atoms with Gasteiger partial charge in [-0.05, 0) is 66.4 Å². The van der Waals surface area contributed by atoms with E-state index in [1.54, 1.807) is 48.5 Å². The molecule has 18 nitrogen and oxygen atoms in total. The molecule has 8 amide bonds. The van der Waals surface area contributed by atoms with Crippen LogP contribution in [0, 0.1) is 35.5 Å². The van der Waals surface area contributed by atoms with Gasteiger partial charge in [0.2, 0.25) is 41.4 Å². The van der Waals surface area contributed by atoms with E-state index in [1.807, 2.05) is 95.3 Å². The molecule has 77 heavy (non-hydrogen) atoms. The summed E-state index contributed by atoms with van der Waals surface area (Å²) in [6.45, 7) is 21.7. The Morgan fingerprint density at radius 2 is 1.01 bits per heavy atom. The maximum atomic E-state index is 15.3. The van der Waals surface area contributed by atoms with Crippen molar-refractivity contribution >= 4 is 53.2 Å². The Labute approximate surface area is 457 Å². The number of carbonyl (C=O) groups is 9. The van der Waals surface area contributed by atoms with Gasteiger partial charge in [0.15, 0.2) is 6.10 Å². The standard InChI is InChI=1S/C59H90N8O10/c1-16-38(11)47-57(74)65(14)48(36(7)8)53(70)60-42(31-34(3)4)51(68)62-46(35(5)6)59(76)77-50(39(12)17-2)58(75)66(15)49(37(9)10)54(71)61-43(32-40-25-20-18-21-26-40)55(72)64(13)45(33-41-27-22-19-23-28-41)56(73)67-30-24-29-44(67)52(69)63-47/h18-23,25-28,34-39,42-50H,16-17,24,29-33H2,1-15H3,(H,60,70)(H,61,71)(H,62,68)(H,63,69). The molecule has 2 aliphatic heterocycles. The van der Waals surface area contributed by atoms with E-state index >= 15 is 9.59 Å². The SMILES string of the molecule is CCC(C)C1NC(=O)C2CCCN2C(=O)C(Cc2ccccc2)N(C)C(=O)C(Cc2ccccc2)NC(=O)C(C(C)C)N(C)C(=O)C(C(C)CC)OC(=O)C(C(C)C)NC(=O)C(CC(C)C)NC(=O)C(C(C)C)N(C)C1=O. The molecule has 2 saturated heterocycles. The number of nitrogens with one attached hydrogen (secondary N) is 4. The Balaban J connectivity index is 1.94. The van der Waals surface area contributed by atoms with Crippen molar-refractivity contribution < 1.29 is 47.9 Å². The minimum absolute atomic E-state index is 0.0188. The number of hydrogen-bond donors (Lipinski definition) is 4. The molecule has 0 aliphatic carbocycles. The van der Waals surface area contributed by atoms with Crippen LogP contribution in [0.4, 0.5) is 0 Å². The van der Waals surface area contributed by atoms with Crippen molar-refractivity contribution in [3.05, 3.63) is 71.8 Å². The second-order valence-corrected chi connectivity index (χ2v) is 22.9. The van der Waals surface area contributed by atoms with E-state index < -0.39 is 137 Å². The molecule has 0 bridgehead atoms. The maximum Gasteiger partial charge on any atom is 0.329 e. The molecule has 0 radical (unpaired) electrons. The number of hydrogen-bond acceptors (Lipinski definition) is 10. The third-order valence-corrected chi connectivity index (χ3v) is 15.4. The van der Waals surface area contributed by atoms with Gasteiger partial charge in [-0.15, -0.1) is 0 Å². The van der Waals surface area contributed by atoms with Gasteiger partial charge in [-0.1, -0.05) is 150 Å². The number of nitrogens with zero attached hydrogens (tertiary/aromatic N) is 4. The van der Waals surface area contributed by atoms with Crippen LogP contribution in [0.15, 0.2) is 60.7 Å². The summed E-state index contributed by atoms with van der Waals surface area (Å²) in [5.74, 6) is -8.34. The van der Waals surface area contributed by atoms with Gasteiger partial charge >= 0.3 is 5.97 Å². The van der Waals surface area contributed by atoms with E-state index in [4.69, 9.17) is 4.74 Å². The van der Waals surface area contributed by atoms with Gasteiger partial charge < -0.3 is 45.6 Å². The lowest BCUT2D eigenvalue weighted by molar-refractivity contribution is -0.168. The highest BCUT2D eigenvalue weighted by Gasteiger charge is 2.45. The summed E-state index contributed by atoms with van der Waals surface area (Å²) in [4.78, 5) is 138. The largest absolute Gasteiger partial charge is 0.450 e. The number of benzene rings is 2. The van der Waals surface area contributed by atoms with Gasteiger partial charge in [0.05, 0.1) is 0 Å². The number of ether oxygens (including phenoxy) is 1. The van der Waals surface area contributed by atoms with E-state index in [1.165, 1.54) is 40.7 Å². The normalized spacial score (nSPS) is 26.6. The first-order valence-corrected chi connectivity index (χ1v) is 27.9. The molecule has 0 saturated carbocycles. The van der Waals surface area contributed by atoms with Crippen LogP contribution in [0.5, 0.6) is 0 Å². The summed E-state index contributed by atoms with van der Waals surface area (Å²) in [6, 6.07) is 9.00.